The summed E-state index contributed by atoms with van der Waals surface area (Å²) in [5.41, 5.74) is 0.122. The molecule has 0 bridgehead atoms. The van der Waals surface area contributed by atoms with Crippen LogP contribution in [0.4, 0.5) is 4.79 Å². The van der Waals surface area contributed by atoms with Crippen LogP contribution in [-0.2, 0) is 20.5 Å². The summed E-state index contributed by atoms with van der Waals surface area (Å²) in [6, 6.07) is 6.86. The van der Waals surface area contributed by atoms with Crippen LogP contribution in [0.3, 0.4) is 0 Å². The lowest BCUT2D eigenvalue weighted by Crippen LogP contribution is -2.48. The molecule has 26 heavy (non-hydrogen) atoms. The van der Waals surface area contributed by atoms with E-state index in [2.05, 4.69) is 0 Å². The third kappa shape index (κ3) is 5.86. The maximum Gasteiger partial charge on any atom is 0.410 e. The zero-order chi connectivity index (χ0) is 19.5. The summed E-state index contributed by atoms with van der Waals surface area (Å²) in [6.45, 7) is 6.25. The zero-order valence-corrected chi connectivity index (χ0v) is 17.3. The molecule has 0 N–H and O–H groups in total. The van der Waals surface area contributed by atoms with Gasteiger partial charge in [-0.1, -0.05) is 23.7 Å². The smallest absolute Gasteiger partial charge is 0.410 e. The largest absolute Gasteiger partial charge is 0.444 e. The normalized spacial score (nSPS) is 17.1. The number of nitrogens with zero attached hydrogens (tertiary/aromatic N) is 2. The summed E-state index contributed by atoms with van der Waals surface area (Å²) < 4.78 is 32.2. The van der Waals surface area contributed by atoms with Crippen LogP contribution in [0.25, 0.3) is 0 Å². The van der Waals surface area contributed by atoms with Crippen molar-refractivity contribution in [3.05, 3.63) is 34.9 Å². The number of amides is 1. The van der Waals surface area contributed by atoms with E-state index in [1.54, 1.807) is 36.2 Å². The van der Waals surface area contributed by atoms with Crippen molar-refractivity contribution in [2.45, 2.75) is 51.0 Å². The molecule has 146 valence electrons. The van der Waals surface area contributed by atoms with Crippen LogP contribution in [-0.4, -0.2) is 55.5 Å². The van der Waals surface area contributed by atoms with Crippen molar-refractivity contribution in [2.75, 3.05) is 20.1 Å². The molecular formula is C18H27ClN2O4S. The van der Waals surface area contributed by atoms with E-state index in [9.17, 15) is 13.2 Å². The Labute approximate surface area is 161 Å². The Bertz CT molecular complexity index is 738. The highest BCUT2D eigenvalue weighted by atomic mass is 35.5. The van der Waals surface area contributed by atoms with E-state index in [0.717, 1.165) is 0 Å². The number of halogens is 1. The molecular weight excluding hydrogens is 376 g/mol. The van der Waals surface area contributed by atoms with Gasteiger partial charge in [-0.3, -0.25) is 0 Å². The number of carbonyl (C=O) groups excluding carboxylic acids is 1. The standard InChI is InChI=1S/C18H27ClN2O4S/c1-18(2,3)25-17(22)20(4)16-8-10-21(11-9-16)26(23,24)13-14-6-5-7-15(19)12-14/h5-7,12,16H,8-11,13H2,1-4H3. The first-order valence-electron chi connectivity index (χ1n) is 8.66. The second-order valence-corrected chi connectivity index (χ2v) is 10.0. The summed E-state index contributed by atoms with van der Waals surface area (Å²) >= 11 is 5.93. The molecule has 0 atom stereocenters. The molecule has 0 aliphatic carbocycles. The Balaban J connectivity index is 1.93. The van der Waals surface area contributed by atoms with E-state index in [-0.39, 0.29) is 17.9 Å². The second-order valence-electron chi connectivity index (χ2n) is 7.61. The summed E-state index contributed by atoms with van der Waals surface area (Å²) in [6.07, 6.45) is 0.799. The summed E-state index contributed by atoms with van der Waals surface area (Å²) in [5, 5.41) is 0.524. The van der Waals surface area contributed by atoms with Crippen molar-refractivity contribution >= 4 is 27.7 Å². The Morgan fingerprint density at radius 2 is 1.92 bits per heavy atom. The maximum atomic E-state index is 12.6. The SMILES string of the molecule is CN(C(=O)OC(C)(C)C)C1CCN(S(=O)(=O)Cc2cccc(Cl)c2)CC1. The fourth-order valence-electron chi connectivity index (χ4n) is 2.92. The average Bonchev–Trinajstić information content (AvgIpc) is 2.52. The zero-order valence-electron chi connectivity index (χ0n) is 15.7. The van der Waals surface area contributed by atoms with Crippen molar-refractivity contribution < 1.29 is 17.9 Å². The van der Waals surface area contributed by atoms with E-state index in [0.29, 0.717) is 36.5 Å². The van der Waals surface area contributed by atoms with Crippen LogP contribution in [0.2, 0.25) is 5.02 Å². The van der Waals surface area contributed by atoms with Gasteiger partial charge in [0.05, 0.1) is 5.75 Å². The third-order valence-electron chi connectivity index (χ3n) is 4.28. The Kier molecular flexibility index (Phi) is 6.58. The molecule has 1 fully saturated rings. The lowest BCUT2D eigenvalue weighted by molar-refractivity contribution is 0.0178. The van der Waals surface area contributed by atoms with Crippen molar-refractivity contribution in [3.8, 4) is 0 Å². The van der Waals surface area contributed by atoms with E-state index >= 15 is 0 Å². The van der Waals surface area contributed by atoms with Crippen molar-refractivity contribution in [3.63, 3.8) is 0 Å². The molecule has 1 amide bonds. The number of ether oxygens (including phenoxy) is 1. The van der Waals surface area contributed by atoms with Crippen LogP contribution in [0.15, 0.2) is 24.3 Å². The molecule has 0 unspecified atom stereocenters. The summed E-state index contributed by atoms with van der Waals surface area (Å²) in [5.74, 6) is -0.0693. The fraction of sp³-hybridized carbons (Fsp3) is 0.611. The number of piperidine rings is 1. The highest BCUT2D eigenvalue weighted by Crippen LogP contribution is 2.22. The van der Waals surface area contributed by atoms with Gasteiger partial charge in [-0.25, -0.2) is 17.5 Å². The molecule has 1 aliphatic heterocycles. The number of hydrogen-bond acceptors (Lipinski definition) is 4. The predicted molar refractivity (Wildman–Crippen MR) is 103 cm³/mol. The number of sulfonamides is 1. The van der Waals surface area contributed by atoms with Gasteiger partial charge in [0.2, 0.25) is 10.0 Å². The molecule has 8 heteroatoms. The number of hydrogen-bond donors (Lipinski definition) is 0. The summed E-state index contributed by atoms with van der Waals surface area (Å²) in [7, 11) is -1.71. The minimum absolute atomic E-state index is 0.0255. The number of rotatable bonds is 4. The highest BCUT2D eigenvalue weighted by molar-refractivity contribution is 7.88. The Hall–Kier alpha value is -1.31. The topological polar surface area (TPSA) is 66.9 Å². The first kappa shape index (κ1) is 21.0. The van der Waals surface area contributed by atoms with Gasteiger partial charge < -0.3 is 9.64 Å². The van der Waals surface area contributed by atoms with E-state index < -0.39 is 15.6 Å². The van der Waals surface area contributed by atoms with E-state index in [1.165, 1.54) is 4.31 Å². The molecule has 1 heterocycles. The fourth-order valence-corrected chi connectivity index (χ4v) is 4.68. The van der Waals surface area contributed by atoms with Crippen molar-refractivity contribution in [2.24, 2.45) is 0 Å². The quantitative estimate of drug-likeness (QED) is 0.772. The molecule has 1 aliphatic rings. The van der Waals surface area contributed by atoms with Gasteiger partial charge in [-0.05, 0) is 51.3 Å². The summed E-state index contributed by atoms with van der Waals surface area (Å²) in [4.78, 5) is 13.7. The van der Waals surface area contributed by atoms with Crippen molar-refractivity contribution in [1.82, 2.24) is 9.21 Å². The number of benzene rings is 1. The van der Waals surface area contributed by atoms with Gasteiger partial charge in [0.15, 0.2) is 0 Å². The lowest BCUT2D eigenvalue weighted by atomic mass is 10.1. The third-order valence-corrected chi connectivity index (χ3v) is 6.37. The molecule has 0 saturated carbocycles. The van der Waals surface area contributed by atoms with Gasteiger partial charge in [0.1, 0.15) is 5.60 Å². The number of carbonyl (C=O) groups is 1. The highest BCUT2D eigenvalue weighted by Gasteiger charge is 2.32. The lowest BCUT2D eigenvalue weighted by Gasteiger charge is -2.36. The second kappa shape index (κ2) is 8.15. The molecule has 1 aromatic carbocycles. The van der Waals surface area contributed by atoms with Crippen LogP contribution in [0.5, 0.6) is 0 Å². The van der Waals surface area contributed by atoms with Gasteiger partial charge in [-0.15, -0.1) is 0 Å². The monoisotopic (exact) mass is 402 g/mol. The maximum absolute atomic E-state index is 12.6. The van der Waals surface area contributed by atoms with Gasteiger partial charge in [0, 0.05) is 31.2 Å². The first-order chi connectivity index (χ1) is 12.0. The van der Waals surface area contributed by atoms with E-state index in [4.69, 9.17) is 16.3 Å². The van der Waals surface area contributed by atoms with Gasteiger partial charge >= 0.3 is 6.09 Å². The molecule has 1 aromatic rings. The molecule has 0 radical (unpaired) electrons. The van der Waals surface area contributed by atoms with Crippen LogP contribution >= 0.6 is 11.6 Å². The van der Waals surface area contributed by atoms with Crippen molar-refractivity contribution in [1.29, 1.82) is 0 Å². The van der Waals surface area contributed by atoms with Gasteiger partial charge in [-0.2, -0.15) is 0 Å². The average molecular weight is 403 g/mol. The minimum atomic E-state index is -3.41. The molecule has 1 saturated heterocycles. The Morgan fingerprint density at radius 3 is 2.46 bits per heavy atom. The van der Waals surface area contributed by atoms with Crippen LogP contribution in [0.1, 0.15) is 39.2 Å². The first-order valence-corrected chi connectivity index (χ1v) is 10.6. The van der Waals surface area contributed by atoms with E-state index in [1.807, 2.05) is 20.8 Å². The van der Waals surface area contributed by atoms with Gasteiger partial charge in [0.25, 0.3) is 0 Å². The minimum Gasteiger partial charge on any atom is -0.444 e. The Morgan fingerprint density at radius 1 is 1.31 bits per heavy atom. The molecule has 2 rings (SSSR count). The predicted octanol–water partition coefficient (Wildman–Crippen LogP) is 3.50. The van der Waals surface area contributed by atoms with Crippen LogP contribution in [0, 0.1) is 0 Å². The molecule has 0 spiro atoms. The van der Waals surface area contributed by atoms with Crippen LogP contribution < -0.4 is 0 Å². The molecule has 6 nitrogen and oxygen atoms in total. The molecule has 0 aromatic heterocycles.